The second kappa shape index (κ2) is 8.33. The first-order valence-corrected chi connectivity index (χ1v) is 7.78. The van der Waals surface area contributed by atoms with Crippen LogP contribution < -0.4 is 5.73 Å². The quantitative estimate of drug-likeness (QED) is 0.715. The molecule has 0 heterocycles. The van der Waals surface area contributed by atoms with Gasteiger partial charge in [-0.25, -0.2) is 8.42 Å². The van der Waals surface area contributed by atoms with E-state index < -0.39 is 10.0 Å². The molecule has 1 aromatic carbocycles. The number of sulfonamides is 1. The van der Waals surface area contributed by atoms with Crippen molar-refractivity contribution in [2.75, 3.05) is 40.5 Å². The molecule has 0 aliphatic heterocycles. The van der Waals surface area contributed by atoms with Crippen LogP contribution in [0.1, 0.15) is 5.56 Å². The molecule has 1 rings (SSSR count). The third-order valence-electron chi connectivity index (χ3n) is 2.90. The van der Waals surface area contributed by atoms with E-state index in [1.807, 2.05) is 0 Å². The average Bonchev–Trinajstić information content (AvgIpc) is 2.47. The molecular weight excluding hydrogens is 280 g/mol. The molecule has 0 amide bonds. The fraction of sp³-hybridized carbons (Fsp3) is 0.538. The first-order chi connectivity index (χ1) is 9.57. The van der Waals surface area contributed by atoms with Crippen molar-refractivity contribution in [1.29, 1.82) is 0 Å². The summed E-state index contributed by atoms with van der Waals surface area (Å²) < 4.78 is 36.7. The third-order valence-corrected chi connectivity index (χ3v) is 4.90. The molecule has 6 nitrogen and oxygen atoms in total. The monoisotopic (exact) mass is 302 g/mol. The van der Waals surface area contributed by atoms with E-state index in [2.05, 4.69) is 0 Å². The maximum atomic E-state index is 12.7. The number of benzene rings is 1. The highest BCUT2D eigenvalue weighted by molar-refractivity contribution is 7.89. The van der Waals surface area contributed by atoms with E-state index in [1.54, 1.807) is 24.3 Å². The summed E-state index contributed by atoms with van der Waals surface area (Å²) in [5, 5.41) is 0. The van der Waals surface area contributed by atoms with E-state index in [1.165, 1.54) is 18.5 Å². The Morgan fingerprint density at radius 1 is 1.10 bits per heavy atom. The molecule has 20 heavy (non-hydrogen) atoms. The molecule has 0 saturated heterocycles. The SMILES string of the molecule is COCCN(CCOC)S(=O)(=O)c1ccccc1CN. The summed E-state index contributed by atoms with van der Waals surface area (Å²) in [5.41, 5.74) is 6.22. The summed E-state index contributed by atoms with van der Waals surface area (Å²) in [6, 6.07) is 6.76. The van der Waals surface area contributed by atoms with Crippen molar-refractivity contribution in [3.05, 3.63) is 29.8 Å². The Bertz CT molecular complexity index is 497. The number of rotatable bonds is 9. The third kappa shape index (κ3) is 4.26. The van der Waals surface area contributed by atoms with Gasteiger partial charge in [0.2, 0.25) is 10.0 Å². The predicted octanol–water partition coefficient (Wildman–Crippen LogP) is 0.429. The van der Waals surface area contributed by atoms with Crippen molar-refractivity contribution >= 4 is 10.0 Å². The van der Waals surface area contributed by atoms with Gasteiger partial charge in [-0.15, -0.1) is 0 Å². The van der Waals surface area contributed by atoms with Crippen LogP contribution in [-0.2, 0) is 26.0 Å². The van der Waals surface area contributed by atoms with Gasteiger partial charge in [-0.05, 0) is 11.6 Å². The largest absolute Gasteiger partial charge is 0.383 e. The van der Waals surface area contributed by atoms with Gasteiger partial charge in [0.1, 0.15) is 0 Å². The van der Waals surface area contributed by atoms with Crippen LogP contribution in [0.3, 0.4) is 0 Å². The highest BCUT2D eigenvalue weighted by Crippen LogP contribution is 2.19. The van der Waals surface area contributed by atoms with E-state index in [9.17, 15) is 8.42 Å². The molecule has 0 radical (unpaired) electrons. The number of nitrogens with two attached hydrogens (primary N) is 1. The van der Waals surface area contributed by atoms with Crippen molar-refractivity contribution < 1.29 is 17.9 Å². The molecule has 1 aromatic rings. The van der Waals surface area contributed by atoms with Crippen LogP contribution in [0.5, 0.6) is 0 Å². The molecule has 0 unspecified atom stereocenters. The van der Waals surface area contributed by atoms with Crippen LogP contribution in [0.2, 0.25) is 0 Å². The lowest BCUT2D eigenvalue weighted by Gasteiger charge is -2.22. The summed E-state index contributed by atoms with van der Waals surface area (Å²) in [4.78, 5) is 0.245. The maximum Gasteiger partial charge on any atom is 0.243 e. The first-order valence-electron chi connectivity index (χ1n) is 6.34. The predicted molar refractivity (Wildman–Crippen MR) is 76.8 cm³/mol. The van der Waals surface area contributed by atoms with E-state index in [0.29, 0.717) is 18.8 Å². The molecule has 0 aliphatic carbocycles. The number of hydrogen-bond acceptors (Lipinski definition) is 5. The van der Waals surface area contributed by atoms with Gasteiger partial charge in [0, 0.05) is 33.9 Å². The number of nitrogens with zero attached hydrogens (tertiary/aromatic N) is 1. The zero-order valence-corrected chi connectivity index (χ0v) is 12.7. The van der Waals surface area contributed by atoms with E-state index >= 15 is 0 Å². The van der Waals surface area contributed by atoms with Gasteiger partial charge in [-0.1, -0.05) is 18.2 Å². The summed E-state index contributed by atoms with van der Waals surface area (Å²) >= 11 is 0. The molecule has 0 saturated carbocycles. The summed E-state index contributed by atoms with van der Waals surface area (Å²) in [7, 11) is -0.522. The molecular formula is C13H22N2O4S. The molecule has 0 atom stereocenters. The summed E-state index contributed by atoms with van der Waals surface area (Å²) in [6.07, 6.45) is 0. The van der Waals surface area contributed by atoms with Crippen molar-refractivity contribution in [1.82, 2.24) is 4.31 Å². The molecule has 0 bridgehead atoms. The van der Waals surface area contributed by atoms with Gasteiger partial charge in [0.05, 0.1) is 18.1 Å². The van der Waals surface area contributed by atoms with Crippen molar-refractivity contribution in [2.45, 2.75) is 11.4 Å². The average molecular weight is 302 g/mol. The molecule has 0 aliphatic rings. The summed E-state index contributed by atoms with van der Waals surface area (Å²) in [5.74, 6) is 0. The van der Waals surface area contributed by atoms with Crippen LogP contribution in [-0.4, -0.2) is 53.2 Å². The Balaban J connectivity index is 3.07. The highest BCUT2D eigenvalue weighted by atomic mass is 32.2. The Labute approximate surface area is 120 Å². The van der Waals surface area contributed by atoms with Crippen molar-refractivity contribution in [2.24, 2.45) is 5.73 Å². The highest BCUT2D eigenvalue weighted by Gasteiger charge is 2.25. The van der Waals surface area contributed by atoms with E-state index in [4.69, 9.17) is 15.2 Å². The lowest BCUT2D eigenvalue weighted by molar-refractivity contribution is 0.150. The fourth-order valence-corrected chi connectivity index (χ4v) is 3.44. The van der Waals surface area contributed by atoms with Crippen LogP contribution in [0.25, 0.3) is 0 Å². The van der Waals surface area contributed by atoms with Crippen LogP contribution in [0, 0.1) is 0 Å². The smallest absolute Gasteiger partial charge is 0.243 e. The second-order valence-corrected chi connectivity index (χ2v) is 6.11. The lowest BCUT2D eigenvalue weighted by atomic mass is 10.2. The van der Waals surface area contributed by atoms with Gasteiger partial charge in [-0.2, -0.15) is 4.31 Å². The van der Waals surface area contributed by atoms with Crippen molar-refractivity contribution in [3.63, 3.8) is 0 Å². The molecule has 7 heteroatoms. The minimum Gasteiger partial charge on any atom is -0.383 e. The van der Waals surface area contributed by atoms with Gasteiger partial charge < -0.3 is 15.2 Å². The Hall–Kier alpha value is -0.990. The standard InChI is InChI=1S/C13H22N2O4S/c1-18-9-7-15(8-10-19-2)20(16,17)13-6-4-3-5-12(13)11-14/h3-6H,7-11,14H2,1-2H3. The zero-order chi connectivity index (χ0) is 15.0. The maximum absolute atomic E-state index is 12.7. The normalized spacial score (nSPS) is 12.0. The van der Waals surface area contributed by atoms with E-state index in [-0.39, 0.29) is 24.5 Å². The number of ether oxygens (including phenoxy) is 2. The second-order valence-electron chi connectivity index (χ2n) is 4.20. The minimum absolute atomic E-state index is 0.178. The lowest BCUT2D eigenvalue weighted by Crippen LogP contribution is -2.37. The Morgan fingerprint density at radius 3 is 2.15 bits per heavy atom. The van der Waals surface area contributed by atoms with Crippen molar-refractivity contribution in [3.8, 4) is 0 Å². The van der Waals surface area contributed by atoms with Crippen LogP contribution >= 0.6 is 0 Å². The number of hydrogen-bond donors (Lipinski definition) is 1. The summed E-state index contributed by atoms with van der Waals surface area (Å²) in [6.45, 7) is 1.39. The zero-order valence-electron chi connectivity index (χ0n) is 11.9. The fourth-order valence-electron chi connectivity index (χ4n) is 1.80. The Kier molecular flexibility index (Phi) is 7.11. The minimum atomic E-state index is -3.59. The van der Waals surface area contributed by atoms with E-state index in [0.717, 1.165) is 0 Å². The van der Waals surface area contributed by atoms with Crippen LogP contribution in [0.4, 0.5) is 0 Å². The molecule has 114 valence electrons. The molecule has 0 fully saturated rings. The van der Waals surface area contributed by atoms with Crippen LogP contribution in [0.15, 0.2) is 29.2 Å². The molecule has 2 N–H and O–H groups in total. The molecule has 0 aromatic heterocycles. The van der Waals surface area contributed by atoms with Gasteiger partial charge in [0.15, 0.2) is 0 Å². The molecule has 0 spiro atoms. The van der Waals surface area contributed by atoms with Gasteiger partial charge in [-0.3, -0.25) is 0 Å². The van der Waals surface area contributed by atoms with Gasteiger partial charge in [0.25, 0.3) is 0 Å². The first kappa shape index (κ1) is 17.1. The number of methoxy groups -OCH3 is 2. The Morgan fingerprint density at radius 2 is 1.65 bits per heavy atom. The van der Waals surface area contributed by atoms with Gasteiger partial charge >= 0.3 is 0 Å². The topological polar surface area (TPSA) is 81.9 Å².